The van der Waals surface area contributed by atoms with Gasteiger partial charge >= 0.3 is 0 Å². The van der Waals surface area contributed by atoms with Crippen LogP contribution < -0.4 is 4.74 Å². The smallest absolute Gasteiger partial charge is 0.254 e. The molecule has 0 aliphatic carbocycles. The molecule has 2 rings (SSSR count). The van der Waals surface area contributed by atoms with E-state index < -0.39 is 0 Å². The fourth-order valence-electron chi connectivity index (χ4n) is 2.38. The highest BCUT2D eigenvalue weighted by molar-refractivity contribution is 5.94. The molecule has 0 N–H and O–H groups in total. The standard InChI is InChI=1S/C16H21NO3/c1-4-9-19-15-7-5-14(6-8-15)16(18)17-10-12(2)20-13(3)11-17/h4-8,12-13H,1,9-11H2,2-3H3/t12-,13-/m1/s1. The lowest BCUT2D eigenvalue weighted by molar-refractivity contribution is -0.0586. The van der Waals surface area contributed by atoms with Crippen molar-refractivity contribution in [3.8, 4) is 5.75 Å². The minimum Gasteiger partial charge on any atom is -0.490 e. The SMILES string of the molecule is C=CCOc1ccc(C(=O)N2C[C@@H](C)O[C@H](C)C2)cc1. The maximum absolute atomic E-state index is 12.4. The maximum atomic E-state index is 12.4. The van der Waals surface area contributed by atoms with Gasteiger partial charge in [0.2, 0.25) is 0 Å². The summed E-state index contributed by atoms with van der Waals surface area (Å²) < 4.78 is 11.0. The minimum absolute atomic E-state index is 0.0438. The minimum atomic E-state index is 0.0438. The van der Waals surface area contributed by atoms with E-state index in [1.165, 1.54) is 0 Å². The van der Waals surface area contributed by atoms with Crippen molar-refractivity contribution in [1.82, 2.24) is 4.90 Å². The third-order valence-electron chi connectivity index (χ3n) is 3.18. The van der Waals surface area contributed by atoms with Crippen molar-refractivity contribution in [2.45, 2.75) is 26.1 Å². The van der Waals surface area contributed by atoms with Crippen LogP contribution in [-0.2, 0) is 4.74 Å². The second-order valence-corrected chi connectivity index (χ2v) is 5.09. The number of rotatable bonds is 4. The van der Waals surface area contributed by atoms with Crippen molar-refractivity contribution >= 4 is 5.91 Å². The van der Waals surface area contributed by atoms with Gasteiger partial charge in [-0.3, -0.25) is 4.79 Å². The predicted molar refractivity (Wildman–Crippen MR) is 78.0 cm³/mol. The summed E-state index contributed by atoms with van der Waals surface area (Å²) in [5.74, 6) is 0.785. The summed E-state index contributed by atoms with van der Waals surface area (Å²) in [5.41, 5.74) is 0.678. The summed E-state index contributed by atoms with van der Waals surface area (Å²) in [6, 6.07) is 7.21. The first-order valence-corrected chi connectivity index (χ1v) is 6.88. The molecule has 1 aromatic rings. The van der Waals surface area contributed by atoms with Crippen LogP contribution in [-0.4, -0.2) is 42.7 Å². The predicted octanol–water partition coefficient (Wildman–Crippen LogP) is 2.50. The van der Waals surface area contributed by atoms with Gasteiger partial charge in [0, 0.05) is 18.7 Å². The number of benzene rings is 1. The quantitative estimate of drug-likeness (QED) is 0.793. The molecule has 1 aliphatic heterocycles. The highest BCUT2D eigenvalue weighted by atomic mass is 16.5. The van der Waals surface area contributed by atoms with Crippen molar-refractivity contribution in [3.63, 3.8) is 0 Å². The molecular formula is C16H21NO3. The molecule has 1 fully saturated rings. The van der Waals surface area contributed by atoms with Gasteiger partial charge in [0.15, 0.2) is 0 Å². The monoisotopic (exact) mass is 275 g/mol. The number of nitrogens with zero attached hydrogens (tertiary/aromatic N) is 1. The molecule has 1 saturated heterocycles. The van der Waals surface area contributed by atoms with Crippen LogP contribution in [0.3, 0.4) is 0 Å². The Balaban J connectivity index is 2.03. The van der Waals surface area contributed by atoms with Gasteiger partial charge in [-0.2, -0.15) is 0 Å². The average molecular weight is 275 g/mol. The number of hydrogen-bond donors (Lipinski definition) is 0. The molecule has 0 saturated carbocycles. The number of amides is 1. The second kappa shape index (κ2) is 6.57. The zero-order valence-electron chi connectivity index (χ0n) is 12.0. The Hall–Kier alpha value is -1.81. The molecule has 108 valence electrons. The van der Waals surface area contributed by atoms with Gasteiger partial charge in [-0.15, -0.1) is 0 Å². The lowest BCUT2D eigenvalue weighted by Gasteiger charge is -2.35. The van der Waals surface area contributed by atoms with Crippen LogP contribution in [0.1, 0.15) is 24.2 Å². The Bertz CT molecular complexity index is 459. The Morgan fingerprint density at radius 1 is 1.35 bits per heavy atom. The average Bonchev–Trinajstić information content (AvgIpc) is 2.44. The van der Waals surface area contributed by atoms with E-state index in [0.717, 1.165) is 5.75 Å². The summed E-state index contributed by atoms with van der Waals surface area (Å²) in [6.45, 7) is 9.31. The van der Waals surface area contributed by atoms with E-state index in [4.69, 9.17) is 9.47 Å². The maximum Gasteiger partial charge on any atom is 0.254 e. The second-order valence-electron chi connectivity index (χ2n) is 5.09. The molecule has 0 spiro atoms. The van der Waals surface area contributed by atoms with Crippen molar-refractivity contribution in [2.75, 3.05) is 19.7 Å². The largest absolute Gasteiger partial charge is 0.490 e. The van der Waals surface area contributed by atoms with Crippen LogP contribution >= 0.6 is 0 Å². The van der Waals surface area contributed by atoms with Crippen LogP contribution in [0.15, 0.2) is 36.9 Å². The zero-order chi connectivity index (χ0) is 14.5. The van der Waals surface area contributed by atoms with Gasteiger partial charge in [-0.05, 0) is 38.1 Å². The molecule has 1 amide bonds. The third-order valence-corrected chi connectivity index (χ3v) is 3.18. The molecule has 20 heavy (non-hydrogen) atoms. The molecule has 0 bridgehead atoms. The summed E-state index contributed by atoms with van der Waals surface area (Å²) in [5, 5.41) is 0. The molecule has 2 atom stereocenters. The van der Waals surface area contributed by atoms with Crippen LogP contribution in [0, 0.1) is 0 Å². The van der Waals surface area contributed by atoms with E-state index in [0.29, 0.717) is 25.3 Å². The van der Waals surface area contributed by atoms with Gasteiger partial charge in [0.05, 0.1) is 12.2 Å². The topological polar surface area (TPSA) is 38.8 Å². The normalized spacial score (nSPS) is 22.4. The number of hydrogen-bond acceptors (Lipinski definition) is 3. The lowest BCUT2D eigenvalue weighted by atomic mass is 10.1. The van der Waals surface area contributed by atoms with Crippen molar-refractivity contribution in [3.05, 3.63) is 42.5 Å². The molecule has 1 heterocycles. The van der Waals surface area contributed by atoms with Crippen LogP contribution in [0.2, 0.25) is 0 Å². The Kier molecular flexibility index (Phi) is 4.79. The van der Waals surface area contributed by atoms with Gasteiger partial charge in [-0.25, -0.2) is 0 Å². The molecule has 0 radical (unpaired) electrons. The number of carbonyl (C=O) groups is 1. The number of morpholine rings is 1. The molecule has 1 aliphatic rings. The fourth-order valence-corrected chi connectivity index (χ4v) is 2.38. The zero-order valence-corrected chi connectivity index (χ0v) is 12.0. The first kappa shape index (κ1) is 14.6. The van der Waals surface area contributed by atoms with E-state index in [-0.39, 0.29) is 18.1 Å². The van der Waals surface area contributed by atoms with Crippen LogP contribution in [0.4, 0.5) is 0 Å². The summed E-state index contributed by atoms with van der Waals surface area (Å²) in [4.78, 5) is 14.3. The van der Waals surface area contributed by atoms with Crippen LogP contribution in [0.25, 0.3) is 0 Å². The van der Waals surface area contributed by atoms with Crippen molar-refractivity contribution < 1.29 is 14.3 Å². The van der Waals surface area contributed by atoms with E-state index in [1.54, 1.807) is 18.2 Å². The van der Waals surface area contributed by atoms with E-state index in [9.17, 15) is 4.79 Å². The molecular weight excluding hydrogens is 254 g/mol. The Morgan fingerprint density at radius 3 is 2.50 bits per heavy atom. The molecule has 1 aromatic carbocycles. The van der Waals surface area contributed by atoms with Crippen molar-refractivity contribution in [2.24, 2.45) is 0 Å². The summed E-state index contributed by atoms with van der Waals surface area (Å²) in [6.07, 6.45) is 1.85. The van der Waals surface area contributed by atoms with E-state index >= 15 is 0 Å². The Morgan fingerprint density at radius 2 is 1.95 bits per heavy atom. The van der Waals surface area contributed by atoms with Gasteiger partial charge < -0.3 is 14.4 Å². The lowest BCUT2D eigenvalue weighted by Crippen LogP contribution is -2.48. The summed E-state index contributed by atoms with van der Waals surface area (Å²) in [7, 11) is 0. The van der Waals surface area contributed by atoms with Crippen LogP contribution in [0.5, 0.6) is 5.75 Å². The summed E-state index contributed by atoms with van der Waals surface area (Å²) >= 11 is 0. The molecule has 0 unspecified atom stereocenters. The fraction of sp³-hybridized carbons (Fsp3) is 0.438. The highest BCUT2D eigenvalue weighted by Gasteiger charge is 2.26. The van der Waals surface area contributed by atoms with E-state index in [2.05, 4.69) is 6.58 Å². The molecule has 0 aromatic heterocycles. The van der Waals surface area contributed by atoms with Gasteiger partial charge in [-0.1, -0.05) is 12.7 Å². The van der Waals surface area contributed by atoms with Gasteiger partial charge in [0.25, 0.3) is 5.91 Å². The van der Waals surface area contributed by atoms with Crippen molar-refractivity contribution in [1.29, 1.82) is 0 Å². The molecule has 4 heteroatoms. The van der Waals surface area contributed by atoms with E-state index in [1.807, 2.05) is 30.9 Å². The number of carbonyl (C=O) groups excluding carboxylic acids is 1. The third kappa shape index (κ3) is 3.61. The van der Waals surface area contributed by atoms with Gasteiger partial charge in [0.1, 0.15) is 12.4 Å². The Labute approximate surface area is 120 Å². The first-order valence-electron chi connectivity index (χ1n) is 6.88. The molecule has 4 nitrogen and oxygen atoms in total. The number of ether oxygens (including phenoxy) is 2. The highest BCUT2D eigenvalue weighted by Crippen LogP contribution is 2.17. The first-order chi connectivity index (χ1) is 9.60.